The van der Waals surface area contributed by atoms with E-state index < -0.39 is 0 Å². The summed E-state index contributed by atoms with van der Waals surface area (Å²) < 4.78 is 18.0. The summed E-state index contributed by atoms with van der Waals surface area (Å²) in [4.78, 5) is 16.2. The number of anilines is 1. The normalized spacial score (nSPS) is 10.6. The zero-order chi connectivity index (χ0) is 17.6. The van der Waals surface area contributed by atoms with E-state index in [0.29, 0.717) is 41.7 Å². The maximum atomic E-state index is 12.8. The van der Waals surface area contributed by atoms with E-state index in [2.05, 4.69) is 15.5 Å². The minimum Gasteiger partial charge on any atom is -0.339 e. The van der Waals surface area contributed by atoms with E-state index in [1.807, 2.05) is 12.1 Å². The molecule has 5 nitrogen and oxygen atoms in total. The van der Waals surface area contributed by atoms with Crippen LogP contribution in [0, 0.1) is 5.82 Å². The van der Waals surface area contributed by atoms with Crippen molar-refractivity contribution in [3.05, 3.63) is 65.3 Å². The van der Waals surface area contributed by atoms with Gasteiger partial charge in [0.15, 0.2) is 0 Å². The van der Waals surface area contributed by atoms with Crippen LogP contribution >= 0.6 is 11.6 Å². The van der Waals surface area contributed by atoms with E-state index in [4.69, 9.17) is 16.1 Å². The van der Waals surface area contributed by atoms with Crippen molar-refractivity contribution in [3.8, 4) is 11.4 Å². The summed E-state index contributed by atoms with van der Waals surface area (Å²) >= 11 is 5.85. The number of carbonyl (C=O) groups excluding carboxylic acids is 1. The van der Waals surface area contributed by atoms with Gasteiger partial charge in [0, 0.05) is 29.1 Å². The fourth-order valence-corrected chi connectivity index (χ4v) is 2.36. The Kier molecular flexibility index (Phi) is 5.40. The molecule has 1 amide bonds. The molecule has 0 saturated heterocycles. The Hall–Kier alpha value is -2.73. The third kappa shape index (κ3) is 4.87. The smallest absolute Gasteiger partial charge is 0.226 e. The number of hydrogen-bond donors (Lipinski definition) is 1. The van der Waals surface area contributed by atoms with Crippen LogP contribution in [0.15, 0.2) is 53.1 Å². The van der Waals surface area contributed by atoms with Crippen LogP contribution in [0.1, 0.15) is 18.7 Å². The van der Waals surface area contributed by atoms with Gasteiger partial charge in [0.1, 0.15) is 5.82 Å². The molecule has 0 spiro atoms. The van der Waals surface area contributed by atoms with E-state index in [0.717, 1.165) is 5.56 Å². The molecule has 0 aliphatic heterocycles. The SMILES string of the molecule is O=C(CCCc1nc(-c2ccc(Cl)cc2)no1)Nc1ccc(F)cc1. The van der Waals surface area contributed by atoms with Gasteiger partial charge in [0.05, 0.1) is 0 Å². The van der Waals surface area contributed by atoms with Crippen molar-refractivity contribution in [1.29, 1.82) is 0 Å². The number of amides is 1. The van der Waals surface area contributed by atoms with Crippen molar-refractivity contribution in [2.24, 2.45) is 0 Å². The molecule has 0 atom stereocenters. The third-order valence-electron chi connectivity index (χ3n) is 3.49. The van der Waals surface area contributed by atoms with Gasteiger partial charge < -0.3 is 9.84 Å². The maximum Gasteiger partial charge on any atom is 0.226 e. The Morgan fingerprint density at radius 3 is 2.56 bits per heavy atom. The molecule has 1 N–H and O–H groups in total. The van der Waals surface area contributed by atoms with Gasteiger partial charge in [0.2, 0.25) is 17.6 Å². The molecule has 0 aliphatic carbocycles. The van der Waals surface area contributed by atoms with E-state index in [1.54, 1.807) is 12.1 Å². The molecule has 1 heterocycles. The van der Waals surface area contributed by atoms with Gasteiger partial charge in [0.25, 0.3) is 0 Å². The van der Waals surface area contributed by atoms with Crippen molar-refractivity contribution in [1.82, 2.24) is 10.1 Å². The number of aryl methyl sites for hydroxylation is 1. The summed E-state index contributed by atoms with van der Waals surface area (Å²) in [5.74, 6) is 0.469. The zero-order valence-electron chi connectivity index (χ0n) is 13.2. The van der Waals surface area contributed by atoms with Gasteiger partial charge in [-0.15, -0.1) is 0 Å². The second-order valence-corrected chi connectivity index (χ2v) is 5.86. The van der Waals surface area contributed by atoms with Crippen molar-refractivity contribution in [3.63, 3.8) is 0 Å². The van der Waals surface area contributed by atoms with E-state index in [1.165, 1.54) is 24.3 Å². The van der Waals surface area contributed by atoms with Gasteiger partial charge in [-0.25, -0.2) is 4.39 Å². The molecule has 128 valence electrons. The Balaban J connectivity index is 1.48. The largest absolute Gasteiger partial charge is 0.339 e. The van der Waals surface area contributed by atoms with E-state index in [-0.39, 0.29) is 11.7 Å². The van der Waals surface area contributed by atoms with Gasteiger partial charge in [-0.2, -0.15) is 4.98 Å². The number of halogens is 2. The molecule has 0 saturated carbocycles. The number of aromatic nitrogens is 2. The van der Waals surface area contributed by atoms with Crippen LogP contribution < -0.4 is 5.32 Å². The summed E-state index contributed by atoms with van der Waals surface area (Å²) in [7, 11) is 0. The molecule has 3 rings (SSSR count). The van der Waals surface area contributed by atoms with Crippen LogP contribution in [0.3, 0.4) is 0 Å². The second-order valence-electron chi connectivity index (χ2n) is 5.43. The first-order chi connectivity index (χ1) is 12.1. The fraction of sp³-hybridized carbons (Fsp3) is 0.167. The minimum atomic E-state index is -0.342. The summed E-state index contributed by atoms with van der Waals surface area (Å²) in [6, 6.07) is 12.8. The van der Waals surface area contributed by atoms with Crippen LogP contribution in [0.2, 0.25) is 5.02 Å². The summed E-state index contributed by atoms with van der Waals surface area (Å²) in [6.45, 7) is 0. The lowest BCUT2D eigenvalue weighted by atomic mass is 10.2. The molecule has 1 aromatic heterocycles. The van der Waals surface area contributed by atoms with Gasteiger partial charge in [-0.05, 0) is 55.0 Å². The van der Waals surface area contributed by atoms with E-state index in [9.17, 15) is 9.18 Å². The Morgan fingerprint density at radius 1 is 1.12 bits per heavy atom. The average molecular weight is 360 g/mol. The second kappa shape index (κ2) is 7.90. The standard InChI is InChI=1S/C18H15ClFN3O2/c19-13-6-4-12(5-7-13)18-22-17(25-23-18)3-1-2-16(24)21-15-10-8-14(20)9-11-15/h4-11H,1-3H2,(H,21,24). The van der Waals surface area contributed by atoms with Crippen LogP contribution in [-0.4, -0.2) is 16.0 Å². The van der Waals surface area contributed by atoms with Crippen molar-refractivity contribution >= 4 is 23.2 Å². The predicted octanol–water partition coefficient (Wildman–Crippen LogP) is 4.49. The third-order valence-corrected chi connectivity index (χ3v) is 3.74. The molecule has 0 unspecified atom stereocenters. The molecule has 0 aliphatic rings. The van der Waals surface area contributed by atoms with Crippen LogP contribution in [-0.2, 0) is 11.2 Å². The van der Waals surface area contributed by atoms with Gasteiger partial charge in [-0.1, -0.05) is 16.8 Å². The quantitative estimate of drug-likeness (QED) is 0.704. The highest BCUT2D eigenvalue weighted by Gasteiger charge is 2.10. The van der Waals surface area contributed by atoms with Crippen LogP contribution in [0.4, 0.5) is 10.1 Å². The van der Waals surface area contributed by atoms with Crippen molar-refractivity contribution < 1.29 is 13.7 Å². The Labute approximate surface area is 148 Å². The number of nitrogens with one attached hydrogen (secondary N) is 1. The number of nitrogens with zero attached hydrogens (tertiary/aromatic N) is 2. The average Bonchev–Trinajstić information content (AvgIpc) is 3.06. The van der Waals surface area contributed by atoms with Crippen LogP contribution in [0.5, 0.6) is 0 Å². The molecular weight excluding hydrogens is 345 g/mol. The predicted molar refractivity (Wildman–Crippen MR) is 92.7 cm³/mol. The lowest BCUT2D eigenvalue weighted by Crippen LogP contribution is -2.11. The first-order valence-electron chi connectivity index (χ1n) is 7.74. The molecular formula is C18H15ClFN3O2. The lowest BCUT2D eigenvalue weighted by Gasteiger charge is -2.04. The number of rotatable bonds is 6. The monoisotopic (exact) mass is 359 g/mol. The zero-order valence-corrected chi connectivity index (χ0v) is 14.0. The Bertz CT molecular complexity index is 848. The molecule has 7 heteroatoms. The highest BCUT2D eigenvalue weighted by molar-refractivity contribution is 6.30. The van der Waals surface area contributed by atoms with Crippen molar-refractivity contribution in [2.45, 2.75) is 19.3 Å². The summed E-state index contributed by atoms with van der Waals surface area (Å²) in [5, 5.41) is 7.27. The highest BCUT2D eigenvalue weighted by atomic mass is 35.5. The first kappa shape index (κ1) is 17.1. The molecule has 2 aromatic carbocycles. The first-order valence-corrected chi connectivity index (χ1v) is 8.12. The highest BCUT2D eigenvalue weighted by Crippen LogP contribution is 2.19. The minimum absolute atomic E-state index is 0.149. The van der Waals surface area contributed by atoms with E-state index >= 15 is 0 Å². The molecule has 0 radical (unpaired) electrons. The fourth-order valence-electron chi connectivity index (χ4n) is 2.23. The number of benzene rings is 2. The topological polar surface area (TPSA) is 68.0 Å². The molecule has 3 aromatic rings. The summed E-state index contributed by atoms with van der Waals surface area (Å²) in [5.41, 5.74) is 1.38. The molecule has 25 heavy (non-hydrogen) atoms. The maximum absolute atomic E-state index is 12.8. The molecule has 0 fully saturated rings. The van der Waals surface area contributed by atoms with Gasteiger partial charge in [-0.3, -0.25) is 4.79 Å². The lowest BCUT2D eigenvalue weighted by molar-refractivity contribution is -0.116. The summed E-state index contributed by atoms with van der Waals surface area (Å²) in [6.07, 6.45) is 1.36. The van der Waals surface area contributed by atoms with Crippen molar-refractivity contribution in [2.75, 3.05) is 5.32 Å². The number of carbonyl (C=O) groups is 1. The Morgan fingerprint density at radius 2 is 1.84 bits per heavy atom. The number of hydrogen-bond acceptors (Lipinski definition) is 4. The molecule has 0 bridgehead atoms. The van der Waals surface area contributed by atoms with Gasteiger partial charge >= 0.3 is 0 Å². The van der Waals surface area contributed by atoms with Crippen LogP contribution in [0.25, 0.3) is 11.4 Å².